The molecule has 1 aromatic heterocycles. The van der Waals surface area contributed by atoms with Crippen LogP contribution in [0, 0.1) is 5.82 Å². The minimum absolute atomic E-state index is 0.203. The van der Waals surface area contributed by atoms with Gasteiger partial charge in [-0.25, -0.2) is 4.39 Å². The van der Waals surface area contributed by atoms with Crippen LogP contribution in [0.25, 0.3) is 11.3 Å². The van der Waals surface area contributed by atoms with Gasteiger partial charge in [-0.1, -0.05) is 48.2 Å². The maximum Gasteiger partial charge on any atom is 0.123 e. The van der Waals surface area contributed by atoms with Crippen LogP contribution < -0.4 is 0 Å². The number of hydrogen-bond acceptors (Lipinski definition) is 3. The minimum Gasteiger partial charge on any atom is -0.207 e. The number of nitrogens with zero attached hydrogens (tertiary/aromatic N) is 2. The Labute approximate surface area is 138 Å². The number of benzene rings is 2. The van der Waals surface area contributed by atoms with E-state index in [1.165, 1.54) is 28.8 Å². The topological polar surface area (TPSA) is 25.8 Å². The molecular weight excluding hydrogens is 307 g/mol. The van der Waals surface area contributed by atoms with E-state index in [0.717, 1.165) is 34.9 Å². The Morgan fingerprint density at radius 3 is 2.57 bits per heavy atom. The Kier molecular flexibility index (Phi) is 3.83. The van der Waals surface area contributed by atoms with E-state index < -0.39 is 0 Å². The highest BCUT2D eigenvalue weighted by molar-refractivity contribution is 7.98. The molecular formula is C19H15FN2S. The summed E-state index contributed by atoms with van der Waals surface area (Å²) in [4.78, 5) is 0. The predicted molar refractivity (Wildman–Crippen MR) is 90.8 cm³/mol. The van der Waals surface area contributed by atoms with Gasteiger partial charge in [0.05, 0.1) is 5.69 Å². The van der Waals surface area contributed by atoms with Gasteiger partial charge >= 0.3 is 0 Å². The van der Waals surface area contributed by atoms with Gasteiger partial charge in [-0.3, -0.25) is 0 Å². The zero-order valence-electron chi connectivity index (χ0n) is 12.5. The van der Waals surface area contributed by atoms with Crippen molar-refractivity contribution in [2.75, 3.05) is 0 Å². The van der Waals surface area contributed by atoms with Crippen LogP contribution in [-0.2, 0) is 18.6 Å². The molecule has 0 aliphatic heterocycles. The van der Waals surface area contributed by atoms with Gasteiger partial charge in [-0.05, 0) is 47.7 Å². The molecule has 0 fully saturated rings. The lowest BCUT2D eigenvalue weighted by molar-refractivity contribution is 0.627. The molecule has 0 unspecified atom stereocenters. The van der Waals surface area contributed by atoms with E-state index in [0.29, 0.717) is 0 Å². The number of thioether (sulfide) groups is 1. The number of aryl methyl sites for hydroxylation is 2. The molecule has 1 aliphatic carbocycles. The highest BCUT2D eigenvalue weighted by Crippen LogP contribution is 2.33. The molecule has 0 saturated heterocycles. The maximum atomic E-state index is 12.9. The Morgan fingerprint density at radius 1 is 0.913 bits per heavy atom. The third-order valence-electron chi connectivity index (χ3n) is 4.09. The molecule has 4 heteroatoms. The summed E-state index contributed by atoms with van der Waals surface area (Å²) in [6.45, 7) is 0. The summed E-state index contributed by atoms with van der Waals surface area (Å²) in [6, 6.07) is 17.2. The first-order valence-corrected chi connectivity index (χ1v) is 8.60. The van der Waals surface area contributed by atoms with Gasteiger partial charge < -0.3 is 0 Å². The minimum atomic E-state index is -0.203. The third-order valence-corrected chi connectivity index (χ3v) is 5.06. The fourth-order valence-corrected chi connectivity index (χ4v) is 3.71. The highest BCUT2D eigenvalue weighted by Gasteiger charge is 2.18. The SMILES string of the molecule is Fc1ccc(CSc2cc3c(nn2)-c2ccccc2CC3)cc1. The highest BCUT2D eigenvalue weighted by atomic mass is 32.2. The fourth-order valence-electron chi connectivity index (χ4n) is 2.87. The fraction of sp³-hybridized carbons (Fsp3) is 0.158. The average Bonchev–Trinajstić information content (AvgIpc) is 2.61. The van der Waals surface area contributed by atoms with Gasteiger partial charge in [0.25, 0.3) is 0 Å². The summed E-state index contributed by atoms with van der Waals surface area (Å²) in [5, 5.41) is 9.74. The van der Waals surface area contributed by atoms with Crippen molar-refractivity contribution in [3.05, 3.63) is 77.1 Å². The second-order valence-corrected chi connectivity index (χ2v) is 6.62. The van der Waals surface area contributed by atoms with Crippen LogP contribution in [0.1, 0.15) is 16.7 Å². The third kappa shape index (κ3) is 2.99. The van der Waals surface area contributed by atoms with Gasteiger partial charge in [-0.2, -0.15) is 0 Å². The van der Waals surface area contributed by atoms with Crippen molar-refractivity contribution in [2.45, 2.75) is 23.6 Å². The molecule has 0 bridgehead atoms. The molecule has 4 rings (SSSR count). The molecule has 1 heterocycles. The summed E-state index contributed by atoms with van der Waals surface area (Å²) in [5.41, 5.74) is 5.91. The molecule has 2 aromatic carbocycles. The zero-order valence-corrected chi connectivity index (χ0v) is 13.3. The maximum absolute atomic E-state index is 12.9. The van der Waals surface area contributed by atoms with E-state index in [4.69, 9.17) is 0 Å². The van der Waals surface area contributed by atoms with Crippen LogP contribution in [-0.4, -0.2) is 10.2 Å². The summed E-state index contributed by atoms with van der Waals surface area (Å²) >= 11 is 1.64. The first kappa shape index (κ1) is 14.4. The van der Waals surface area contributed by atoms with Crippen LogP contribution in [0.15, 0.2) is 59.6 Å². The largest absolute Gasteiger partial charge is 0.207 e. The lowest BCUT2D eigenvalue weighted by atomic mass is 9.90. The monoisotopic (exact) mass is 322 g/mol. The predicted octanol–water partition coefficient (Wildman–Crippen LogP) is 4.67. The number of rotatable bonds is 3. The molecule has 1 aliphatic rings. The zero-order chi connectivity index (χ0) is 15.6. The van der Waals surface area contributed by atoms with Crippen molar-refractivity contribution in [3.8, 4) is 11.3 Å². The normalized spacial score (nSPS) is 12.6. The van der Waals surface area contributed by atoms with Crippen molar-refractivity contribution < 1.29 is 4.39 Å². The van der Waals surface area contributed by atoms with Gasteiger partial charge in [-0.15, -0.1) is 10.2 Å². The second kappa shape index (κ2) is 6.13. The smallest absolute Gasteiger partial charge is 0.123 e. The van der Waals surface area contributed by atoms with E-state index in [-0.39, 0.29) is 5.82 Å². The van der Waals surface area contributed by atoms with Gasteiger partial charge in [0.1, 0.15) is 10.8 Å². The van der Waals surface area contributed by atoms with Gasteiger partial charge in [0.15, 0.2) is 0 Å². The molecule has 3 aromatic rings. The molecule has 0 radical (unpaired) electrons. The van der Waals surface area contributed by atoms with Crippen molar-refractivity contribution in [1.29, 1.82) is 0 Å². The Hall–Kier alpha value is -2.20. The Balaban J connectivity index is 1.55. The van der Waals surface area contributed by atoms with Crippen LogP contribution in [0.4, 0.5) is 4.39 Å². The average molecular weight is 322 g/mol. The number of fused-ring (bicyclic) bond motifs is 3. The number of hydrogen-bond donors (Lipinski definition) is 0. The lowest BCUT2D eigenvalue weighted by Crippen LogP contribution is -2.07. The summed E-state index contributed by atoms with van der Waals surface area (Å²) in [5.74, 6) is 0.565. The molecule has 2 nitrogen and oxygen atoms in total. The quantitative estimate of drug-likeness (QED) is 0.655. The molecule has 23 heavy (non-hydrogen) atoms. The first-order chi connectivity index (χ1) is 11.3. The molecule has 0 atom stereocenters. The molecule has 0 N–H and O–H groups in total. The summed E-state index contributed by atoms with van der Waals surface area (Å²) in [7, 11) is 0. The van der Waals surface area contributed by atoms with Crippen LogP contribution in [0.5, 0.6) is 0 Å². The van der Waals surface area contributed by atoms with Gasteiger partial charge in [0, 0.05) is 11.3 Å². The summed E-state index contributed by atoms with van der Waals surface area (Å²) in [6.07, 6.45) is 2.06. The molecule has 114 valence electrons. The van der Waals surface area contributed by atoms with Crippen molar-refractivity contribution in [1.82, 2.24) is 10.2 Å². The molecule has 0 saturated carbocycles. The van der Waals surface area contributed by atoms with Crippen LogP contribution >= 0.6 is 11.8 Å². The summed E-state index contributed by atoms with van der Waals surface area (Å²) < 4.78 is 12.9. The van der Waals surface area contributed by atoms with E-state index >= 15 is 0 Å². The van der Waals surface area contributed by atoms with Crippen LogP contribution in [0.3, 0.4) is 0 Å². The first-order valence-electron chi connectivity index (χ1n) is 7.62. The second-order valence-electron chi connectivity index (χ2n) is 5.63. The lowest BCUT2D eigenvalue weighted by Gasteiger charge is -2.18. The van der Waals surface area contributed by atoms with Gasteiger partial charge in [0.2, 0.25) is 0 Å². The number of aromatic nitrogens is 2. The number of halogens is 1. The Bertz CT molecular complexity index is 846. The van der Waals surface area contributed by atoms with Crippen molar-refractivity contribution >= 4 is 11.8 Å². The standard InChI is InChI=1S/C19H15FN2S/c20-16-9-5-13(6-10-16)12-23-18-11-15-8-7-14-3-1-2-4-17(14)19(15)22-21-18/h1-6,9-11H,7-8,12H2. The molecule has 0 spiro atoms. The van der Waals surface area contributed by atoms with E-state index in [2.05, 4.69) is 34.5 Å². The van der Waals surface area contributed by atoms with E-state index in [1.54, 1.807) is 11.8 Å². The van der Waals surface area contributed by atoms with Crippen molar-refractivity contribution in [2.24, 2.45) is 0 Å². The van der Waals surface area contributed by atoms with Crippen LogP contribution in [0.2, 0.25) is 0 Å². The van der Waals surface area contributed by atoms with Crippen molar-refractivity contribution in [3.63, 3.8) is 0 Å². The Morgan fingerprint density at radius 2 is 1.70 bits per heavy atom. The molecule has 0 amide bonds. The van der Waals surface area contributed by atoms with E-state index in [9.17, 15) is 4.39 Å². The van der Waals surface area contributed by atoms with E-state index in [1.807, 2.05) is 18.2 Å².